The van der Waals surface area contributed by atoms with Gasteiger partial charge in [0.15, 0.2) is 11.5 Å². The molecule has 1 aliphatic carbocycles. The van der Waals surface area contributed by atoms with E-state index in [1.54, 1.807) is 12.5 Å². The van der Waals surface area contributed by atoms with E-state index in [0.29, 0.717) is 43.0 Å². The summed E-state index contributed by atoms with van der Waals surface area (Å²) in [5.74, 6) is 0.312. The van der Waals surface area contributed by atoms with Gasteiger partial charge < -0.3 is 26.3 Å². The molecule has 1 saturated heterocycles. The maximum absolute atomic E-state index is 13.0. The van der Waals surface area contributed by atoms with Crippen molar-refractivity contribution in [2.24, 2.45) is 5.73 Å². The van der Waals surface area contributed by atoms with E-state index in [1.807, 2.05) is 16.8 Å². The molecule has 10 nitrogen and oxygen atoms in total. The lowest BCUT2D eigenvalue weighted by Crippen LogP contribution is -2.56. The van der Waals surface area contributed by atoms with Gasteiger partial charge in [-0.05, 0) is 54.5 Å². The van der Waals surface area contributed by atoms with E-state index in [2.05, 4.69) is 55.3 Å². The molecule has 4 aromatic rings. The fraction of sp³-hybridized carbons (Fsp3) is 0.370. The maximum atomic E-state index is 13.0. The van der Waals surface area contributed by atoms with E-state index >= 15 is 0 Å². The third-order valence-corrected chi connectivity index (χ3v) is 7.46. The minimum Gasteiger partial charge on any atom is -0.382 e. The van der Waals surface area contributed by atoms with Crippen LogP contribution in [-0.4, -0.2) is 55.1 Å². The zero-order valence-corrected chi connectivity index (χ0v) is 20.9. The van der Waals surface area contributed by atoms with E-state index in [-0.39, 0.29) is 11.9 Å². The molecule has 1 aromatic carbocycles. The number of nitrogen functional groups attached to an aromatic ring is 1. The van der Waals surface area contributed by atoms with Gasteiger partial charge in [-0.3, -0.25) is 9.78 Å². The number of carbonyl (C=O) groups is 1. The van der Waals surface area contributed by atoms with Crippen molar-refractivity contribution in [3.63, 3.8) is 0 Å². The van der Waals surface area contributed by atoms with Gasteiger partial charge in [0.05, 0.1) is 12.9 Å². The van der Waals surface area contributed by atoms with E-state index < -0.39 is 5.54 Å². The summed E-state index contributed by atoms with van der Waals surface area (Å²) in [5, 5.41) is 3.11. The van der Waals surface area contributed by atoms with Crippen LogP contribution in [0.1, 0.15) is 37.3 Å². The minimum absolute atomic E-state index is 0.0500. The Morgan fingerprint density at radius 3 is 2.84 bits per heavy atom. The van der Waals surface area contributed by atoms with Gasteiger partial charge in [-0.15, -0.1) is 0 Å². The lowest BCUT2D eigenvalue weighted by atomic mass is 9.95. The number of aryl methyl sites for hydroxylation is 1. The Bertz CT molecular complexity index is 1460. The number of fused-ring (bicyclic) bond motifs is 1. The number of anilines is 2. The van der Waals surface area contributed by atoms with Crippen LogP contribution in [0.15, 0.2) is 49.3 Å². The predicted octanol–water partition coefficient (Wildman–Crippen LogP) is 2.27. The number of nitrogens with one attached hydrogen (secondary N) is 1. The van der Waals surface area contributed by atoms with Crippen LogP contribution in [0.25, 0.3) is 22.3 Å². The molecule has 0 radical (unpaired) electrons. The SMILES string of the molecule is CCc1cc(-c2cccnc2)cc(N2CCC(N)(C(=O)NC3CC3)C2)c1Cn1cnc2c(N)ncnc21. The Balaban J connectivity index is 1.42. The third-order valence-electron chi connectivity index (χ3n) is 7.46. The number of imidazole rings is 1. The highest BCUT2D eigenvalue weighted by Crippen LogP contribution is 2.36. The van der Waals surface area contributed by atoms with Crippen molar-refractivity contribution in [3.8, 4) is 11.1 Å². The summed E-state index contributed by atoms with van der Waals surface area (Å²) < 4.78 is 2.00. The third kappa shape index (κ3) is 4.37. The second kappa shape index (κ2) is 9.11. The molecular weight excluding hydrogens is 466 g/mol. The van der Waals surface area contributed by atoms with Crippen molar-refractivity contribution in [2.75, 3.05) is 23.7 Å². The summed E-state index contributed by atoms with van der Waals surface area (Å²) in [6, 6.07) is 8.71. The van der Waals surface area contributed by atoms with Crippen LogP contribution >= 0.6 is 0 Å². The number of benzene rings is 1. The van der Waals surface area contributed by atoms with Gasteiger partial charge in [-0.1, -0.05) is 19.1 Å². The summed E-state index contributed by atoms with van der Waals surface area (Å²) in [6.07, 6.45) is 10.4. The number of carbonyl (C=O) groups excluding carboxylic acids is 1. The standard InChI is InChI=1S/C27H31N9O/c1-2-17-10-19(18-4-3-8-30-12-18)11-22(35-9-7-27(29,14-35)26(37)34-20-5-6-20)21(17)13-36-16-33-23-24(28)31-15-32-25(23)36/h3-4,8,10-12,15-16,20H,2,5-7,9,13-14,29H2,1H3,(H,34,37)(H2,28,31,32). The first-order chi connectivity index (χ1) is 17.9. The molecule has 0 spiro atoms. The molecule has 3 aromatic heterocycles. The van der Waals surface area contributed by atoms with Crippen molar-refractivity contribution in [1.82, 2.24) is 29.8 Å². The summed E-state index contributed by atoms with van der Waals surface area (Å²) in [7, 11) is 0. The van der Waals surface area contributed by atoms with Crippen LogP contribution in [0.5, 0.6) is 0 Å². The van der Waals surface area contributed by atoms with Gasteiger partial charge in [0.1, 0.15) is 17.4 Å². The van der Waals surface area contributed by atoms with Gasteiger partial charge in [0.2, 0.25) is 5.91 Å². The molecule has 37 heavy (non-hydrogen) atoms. The molecule has 2 fully saturated rings. The molecule has 2 aliphatic rings. The Morgan fingerprint density at radius 2 is 2.08 bits per heavy atom. The summed E-state index contributed by atoms with van der Waals surface area (Å²) in [6.45, 7) is 3.86. The largest absolute Gasteiger partial charge is 0.382 e. The van der Waals surface area contributed by atoms with Gasteiger partial charge in [0.25, 0.3) is 0 Å². The van der Waals surface area contributed by atoms with Crippen LogP contribution in [-0.2, 0) is 17.8 Å². The number of amides is 1. The second-order valence-electron chi connectivity index (χ2n) is 10.1. The molecule has 190 valence electrons. The molecular formula is C27H31N9O. The molecule has 1 amide bonds. The number of rotatable bonds is 7. The van der Waals surface area contributed by atoms with Crippen LogP contribution in [0.4, 0.5) is 11.5 Å². The second-order valence-corrected chi connectivity index (χ2v) is 10.1. The topological polar surface area (TPSA) is 141 Å². The first-order valence-corrected chi connectivity index (χ1v) is 12.8. The fourth-order valence-electron chi connectivity index (χ4n) is 5.16. The van der Waals surface area contributed by atoms with E-state index in [4.69, 9.17) is 11.5 Å². The molecule has 4 heterocycles. The average molecular weight is 498 g/mol. The Morgan fingerprint density at radius 1 is 1.22 bits per heavy atom. The van der Waals surface area contributed by atoms with Crippen molar-refractivity contribution in [1.29, 1.82) is 0 Å². The highest BCUT2D eigenvalue weighted by Gasteiger charge is 2.43. The molecule has 0 bridgehead atoms. The summed E-state index contributed by atoms with van der Waals surface area (Å²) >= 11 is 0. The van der Waals surface area contributed by atoms with Gasteiger partial charge in [0, 0.05) is 42.8 Å². The van der Waals surface area contributed by atoms with E-state index in [9.17, 15) is 4.79 Å². The van der Waals surface area contributed by atoms with E-state index in [0.717, 1.165) is 41.6 Å². The van der Waals surface area contributed by atoms with Crippen molar-refractivity contribution in [2.45, 2.75) is 50.7 Å². The number of nitrogens with two attached hydrogens (primary N) is 2. The highest BCUT2D eigenvalue weighted by atomic mass is 16.2. The average Bonchev–Trinajstić information content (AvgIpc) is 3.49. The number of nitrogens with zero attached hydrogens (tertiary/aromatic N) is 6. The summed E-state index contributed by atoms with van der Waals surface area (Å²) in [4.78, 5) is 32.6. The van der Waals surface area contributed by atoms with Crippen LogP contribution in [0.2, 0.25) is 0 Å². The van der Waals surface area contributed by atoms with Gasteiger partial charge >= 0.3 is 0 Å². The molecule has 1 aliphatic heterocycles. The maximum Gasteiger partial charge on any atom is 0.242 e. The van der Waals surface area contributed by atoms with E-state index in [1.165, 1.54) is 11.9 Å². The number of aromatic nitrogens is 5. The van der Waals surface area contributed by atoms with Crippen LogP contribution < -0.4 is 21.7 Å². The summed E-state index contributed by atoms with van der Waals surface area (Å²) in [5.41, 5.74) is 18.6. The van der Waals surface area contributed by atoms with Crippen molar-refractivity contribution in [3.05, 3.63) is 60.4 Å². The smallest absolute Gasteiger partial charge is 0.242 e. The zero-order valence-electron chi connectivity index (χ0n) is 20.9. The zero-order chi connectivity index (χ0) is 25.6. The van der Waals surface area contributed by atoms with Crippen molar-refractivity contribution >= 4 is 28.6 Å². The van der Waals surface area contributed by atoms with Gasteiger partial charge in [-0.25, -0.2) is 15.0 Å². The quantitative estimate of drug-likeness (QED) is 0.353. The Kier molecular flexibility index (Phi) is 5.75. The number of pyridine rings is 1. The van der Waals surface area contributed by atoms with Crippen LogP contribution in [0, 0.1) is 0 Å². The van der Waals surface area contributed by atoms with Gasteiger partial charge in [-0.2, -0.15) is 0 Å². The molecule has 10 heteroatoms. The normalized spacial score (nSPS) is 19.5. The monoisotopic (exact) mass is 497 g/mol. The Hall–Kier alpha value is -4.05. The van der Waals surface area contributed by atoms with Crippen LogP contribution in [0.3, 0.4) is 0 Å². The predicted molar refractivity (Wildman–Crippen MR) is 143 cm³/mol. The molecule has 5 N–H and O–H groups in total. The lowest BCUT2D eigenvalue weighted by Gasteiger charge is -2.28. The molecule has 1 unspecified atom stereocenters. The number of hydrogen-bond acceptors (Lipinski definition) is 8. The van der Waals surface area contributed by atoms with Crippen molar-refractivity contribution < 1.29 is 4.79 Å². The first kappa shape index (κ1) is 23.4. The highest BCUT2D eigenvalue weighted by molar-refractivity contribution is 5.88. The fourth-order valence-corrected chi connectivity index (χ4v) is 5.16. The first-order valence-electron chi connectivity index (χ1n) is 12.8. The number of hydrogen-bond donors (Lipinski definition) is 3. The molecule has 1 saturated carbocycles. The lowest BCUT2D eigenvalue weighted by molar-refractivity contribution is -0.125. The molecule has 6 rings (SSSR count). The molecule has 1 atom stereocenters. The Labute approximate surface area is 215 Å². The minimum atomic E-state index is -0.917.